The number of rotatable bonds is 3. The van der Waals surface area contributed by atoms with E-state index in [2.05, 4.69) is 48.3 Å². The first kappa shape index (κ1) is 14.1. The van der Waals surface area contributed by atoms with Gasteiger partial charge < -0.3 is 5.32 Å². The van der Waals surface area contributed by atoms with Crippen molar-refractivity contribution in [2.45, 2.75) is 52.1 Å². The molecule has 0 aromatic heterocycles. The van der Waals surface area contributed by atoms with Gasteiger partial charge in [0.25, 0.3) is 0 Å². The Balaban J connectivity index is 1.84. The summed E-state index contributed by atoms with van der Waals surface area (Å²) in [6.07, 6.45) is 5.28. The van der Waals surface area contributed by atoms with Crippen LogP contribution in [0, 0.1) is 5.41 Å². The van der Waals surface area contributed by atoms with Crippen molar-refractivity contribution in [3.05, 3.63) is 35.4 Å². The second kappa shape index (κ2) is 5.87. The number of fused-ring (bicyclic) bond motifs is 1. The second-order valence-electron chi connectivity index (χ2n) is 6.61. The van der Waals surface area contributed by atoms with Crippen molar-refractivity contribution in [2.75, 3.05) is 19.6 Å². The van der Waals surface area contributed by atoms with Crippen molar-refractivity contribution in [1.29, 1.82) is 0 Å². The topological polar surface area (TPSA) is 15.3 Å². The molecule has 1 fully saturated rings. The molecule has 2 aliphatic rings. The van der Waals surface area contributed by atoms with Gasteiger partial charge >= 0.3 is 0 Å². The van der Waals surface area contributed by atoms with E-state index in [-0.39, 0.29) is 0 Å². The van der Waals surface area contributed by atoms with Crippen molar-refractivity contribution in [3.63, 3.8) is 0 Å². The minimum absolute atomic E-state index is 0.578. The van der Waals surface area contributed by atoms with Crippen molar-refractivity contribution in [1.82, 2.24) is 10.2 Å². The molecule has 2 nitrogen and oxygen atoms in total. The summed E-state index contributed by atoms with van der Waals surface area (Å²) >= 11 is 0. The monoisotopic (exact) mass is 272 g/mol. The molecule has 20 heavy (non-hydrogen) atoms. The van der Waals surface area contributed by atoms with Crippen molar-refractivity contribution in [3.8, 4) is 0 Å². The number of nitrogens with one attached hydrogen (secondary N) is 1. The zero-order chi connectivity index (χ0) is 14.0. The third-order valence-corrected chi connectivity index (χ3v) is 5.73. The Bertz CT molecular complexity index is 450. The van der Waals surface area contributed by atoms with Gasteiger partial charge in [0, 0.05) is 19.1 Å². The third kappa shape index (κ3) is 2.51. The summed E-state index contributed by atoms with van der Waals surface area (Å²) in [5.41, 5.74) is 3.65. The molecule has 2 aliphatic heterocycles. The Hall–Kier alpha value is -0.860. The van der Waals surface area contributed by atoms with Gasteiger partial charge in [0.05, 0.1) is 0 Å². The maximum Gasteiger partial charge on any atom is 0.0363 e. The van der Waals surface area contributed by atoms with Gasteiger partial charge in [0.15, 0.2) is 0 Å². The molecule has 2 heteroatoms. The van der Waals surface area contributed by atoms with Gasteiger partial charge in [-0.2, -0.15) is 0 Å². The fourth-order valence-electron chi connectivity index (χ4n) is 4.08. The first-order valence-corrected chi connectivity index (χ1v) is 8.30. The molecule has 1 unspecified atom stereocenters. The van der Waals surface area contributed by atoms with Crippen molar-refractivity contribution in [2.24, 2.45) is 5.41 Å². The Morgan fingerprint density at radius 1 is 1.25 bits per heavy atom. The predicted octanol–water partition coefficient (Wildman–Crippen LogP) is 3.73. The molecular weight excluding hydrogens is 244 g/mol. The van der Waals surface area contributed by atoms with E-state index in [1.165, 1.54) is 44.3 Å². The van der Waals surface area contributed by atoms with Gasteiger partial charge in [-0.3, -0.25) is 4.90 Å². The number of benzene rings is 1. The average Bonchev–Trinajstić information content (AvgIpc) is 2.81. The number of hydrogen-bond donors (Lipinski definition) is 1. The summed E-state index contributed by atoms with van der Waals surface area (Å²) in [6, 6.07) is 9.66. The smallest absolute Gasteiger partial charge is 0.0363 e. The van der Waals surface area contributed by atoms with Crippen LogP contribution in [0.4, 0.5) is 0 Å². The SMILES string of the molecule is CCC1(CC)CCN(C2CCNCc3ccccc32)C1. The predicted molar refractivity (Wildman–Crippen MR) is 84.7 cm³/mol. The van der Waals surface area contributed by atoms with Crippen molar-refractivity contribution >= 4 is 0 Å². The standard InChI is InChI=1S/C18H28N2/c1-3-18(4-2)10-12-20(14-18)17-9-11-19-13-15-7-5-6-8-16(15)17/h5-8,17,19H,3-4,9-14H2,1-2H3. The normalized spacial score (nSPS) is 26.2. The summed E-state index contributed by atoms with van der Waals surface area (Å²) < 4.78 is 0. The highest BCUT2D eigenvalue weighted by molar-refractivity contribution is 5.31. The van der Waals surface area contributed by atoms with E-state index < -0.39 is 0 Å². The van der Waals surface area contributed by atoms with Crippen LogP contribution < -0.4 is 5.32 Å². The minimum atomic E-state index is 0.578. The molecule has 0 spiro atoms. The molecule has 1 aromatic carbocycles. The molecule has 1 atom stereocenters. The van der Waals surface area contributed by atoms with Crippen LogP contribution in [-0.2, 0) is 6.54 Å². The lowest BCUT2D eigenvalue weighted by molar-refractivity contribution is 0.188. The molecule has 110 valence electrons. The number of nitrogens with zero attached hydrogens (tertiary/aromatic N) is 1. The second-order valence-corrected chi connectivity index (χ2v) is 6.61. The lowest BCUT2D eigenvalue weighted by Gasteiger charge is -2.31. The largest absolute Gasteiger partial charge is 0.313 e. The van der Waals surface area contributed by atoms with Crippen LogP contribution in [-0.4, -0.2) is 24.5 Å². The van der Waals surface area contributed by atoms with E-state index in [9.17, 15) is 0 Å². The van der Waals surface area contributed by atoms with Crippen LogP contribution in [0.15, 0.2) is 24.3 Å². The van der Waals surface area contributed by atoms with Crippen LogP contribution >= 0.6 is 0 Å². The van der Waals surface area contributed by atoms with Gasteiger partial charge in [-0.25, -0.2) is 0 Å². The Morgan fingerprint density at radius 2 is 2.05 bits per heavy atom. The summed E-state index contributed by atoms with van der Waals surface area (Å²) in [4.78, 5) is 2.76. The summed E-state index contributed by atoms with van der Waals surface area (Å²) in [7, 11) is 0. The van der Waals surface area contributed by atoms with Crippen LogP contribution in [0.2, 0.25) is 0 Å². The molecule has 1 N–H and O–H groups in total. The van der Waals surface area contributed by atoms with E-state index in [1.807, 2.05) is 0 Å². The lowest BCUT2D eigenvalue weighted by atomic mass is 9.82. The average molecular weight is 272 g/mol. The molecule has 0 bridgehead atoms. The van der Waals surface area contributed by atoms with E-state index in [0.717, 1.165) is 13.1 Å². The maximum absolute atomic E-state index is 3.58. The molecule has 0 aliphatic carbocycles. The highest BCUT2D eigenvalue weighted by Gasteiger charge is 2.38. The lowest BCUT2D eigenvalue weighted by Crippen LogP contribution is -2.31. The number of hydrogen-bond acceptors (Lipinski definition) is 2. The van der Waals surface area contributed by atoms with E-state index in [0.29, 0.717) is 11.5 Å². The van der Waals surface area contributed by atoms with Gasteiger partial charge in [-0.15, -0.1) is 0 Å². The Kier molecular flexibility index (Phi) is 4.13. The first-order valence-electron chi connectivity index (χ1n) is 8.30. The fraction of sp³-hybridized carbons (Fsp3) is 0.667. The zero-order valence-electron chi connectivity index (χ0n) is 13.0. The van der Waals surface area contributed by atoms with Gasteiger partial charge in [0.2, 0.25) is 0 Å². The van der Waals surface area contributed by atoms with E-state index in [1.54, 1.807) is 5.56 Å². The molecule has 0 amide bonds. The summed E-state index contributed by atoms with van der Waals surface area (Å²) in [6.45, 7) is 9.49. The molecule has 0 saturated carbocycles. The van der Waals surface area contributed by atoms with E-state index in [4.69, 9.17) is 0 Å². The quantitative estimate of drug-likeness (QED) is 0.902. The molecular formula is C18H28N2. The van der Waals surface area contributed by atoms with Crippen LogP contribution in [0.25, 0.3) is 0 Å². The highest BCUT2D eigenvalue weighted by atomic mass is 15.2. The van der Waals surface area contributed by atoms with E-state index >= 15 is 0 Å². The number of likely N-dealkylation sites (tertiary alicyclic amines) is 1. The first-order chi connectivity index (χ1) is 9.78. The van der Waals surface area contributed by atoms with Gasteiger partial charge in [-0.1, -0.05) is 38.1 Å². The fourth-order valence-corrected chi connectivity index (χ4v) is 4.08. The zero-order valence-corrected chi connectivity index (χ0v) is 13.0. The molecule has 1 saturated heterocycles. The van der Waals surface area contributed by atoms with Gasteiger partial charge in [0.1, 0.15) is 0 Å². The minimum Gasteiger partial charge on any atom is -0.313 e. The van der Waals surface area contributed by atoms with Crippen LogP contribution in [0.3, 0.4) is 0 Å². The molecule has 3 rings (SSSR count). The summed E-state index contributed by atoms with van der Waals surface area (Å²) in [5, 5.41) is 3.58. The third-order valence-electron chi connectivity index (χ3n) is 5.73. The Labute approximate surface area is 123 Å². The highest BCUT2D eigenvalue weighted by Crippen LogP contribution is 2.42. The maximum atomic E-state index is 3.58. The van der Waals surface area contributed by atoms with Crippen LogP contribution in [0.5, 0.6) is 0 Å². The van der Waals surface area contributed by atoms with Crippen molar-refractivity contribution < 1.29 is 0 Å². The van der Waals surface area contributed by atoms with Gasteiger partial charge in [-0.05, 0) is 55.3 Å². The Morgan fingerprint density at radius 3 is 2.80 bits per heavy atom. The molecule has 2 heterocycles. The van der Waals surface area contributed by atoms with Crippen LogP contribution in [0.1, 0.15) is 56.7 Å². The molecule has 1 aromatic rings. The summed E-state index contributed by atoms with van der Waals surface area (Å²) in [5.74, 6) is 0. The molecule has 0 radical (unpaired) electrons.